The summed E-state index contributed by atoms with van der Waals surface area (Å²) in [6.07, 6.45) is 1.34. The van der Waals surface area contributed by atoms with E-state index in [1.54, 1.807) is 23.1 Å². The first-order valence-electron chi connectivity index (χ1n) is 14.6. The number of pyridine rings is 1. The number of hydrogen-bond donors (Lipinski definition) is 3. The van der Waals surface area contributed by atoms with Crippen LogP contribution in [0.4, 0.5) is 8.78 Å². The molecule has 2 atom stereocenters. The van der Waals surface area contributed by atoms with Gasteiger partial charge in [-0.15, -0.1) is 0 Å². The second kappa shape index (κ2) is 16.1. The van der Waals surface area contributed by atoms with Gasteiger partial charge in [-0.3, -0.25) is 14.6 Å². The second-order valence-electron chi connectivity index (χ2n) is 10.6. The molecule has 0 saturated carbocycles. The third kappa shape index (κ3) is 9.70. The van der Waals surface area contributed by atoms with Crippen LogP contribution in [0.5, 0.6) is 0 Å². The number of nitrogens with zero attached hydrogens (tertiary/aromatic N) is 2. The maximum Gasteiger partial charge on any atom is 0.253 e. The number of aliphatic hydroxyl groups excluding tert-OH is 1. The molecule has 226 valence electrons. The van der Waals surface area contributed by atoms with Crippen LogP contribution in [0.2, 0.25) is 0 Å². The first kappa shape index (κ1) is 32.8. The highest BCUT2D eigenvalue weighted by atomic mass is 19.1. The van der Waals surface area contributed by atoms with Crippen molar-refractivity contribution < 1.29 is 23.5 Å². The van der Waals surface area contributed by atoms with Crippen LogP contribution < -0.4 is 10.6 Å². The second-order valence-corrected chi connectivity index (χ2v) is 10.6. The number of halogens is 2. The fourth-order valence-corrected chi connectivity index (χ4v) is 4.91. The van der Waals surface area contributed by atoms with Gasteiger partial charge in [-0.25, -0.2) is 8.78 Å². The minimum Gasteiger partial charge on any atom is -0.390 e. The zero-order valence-corrected chi connectivity index (χ0v) is 24.9. The summed E-state index contributed by atoms with van der Waals surface area (Å²) >= 11 is 0. The molecule has 9 heteroatoms. The number of aryl methyl sites for hydroxylation is 2. The summed E-state index contributed by atoms with van der Waals surface area (Å²) in [5.74, 6) is -2.12. The number of rotatable bonds is 15. The van der Waals surface area contributed by atoms with Crippen molar-refractivity contribution in [2.75, 3.05) is 19.6 Å². The number of aliphatic hydroxyl groups is 1. The van der Waals surface area contributed by atoms with E-state index < -0.39 is 29.7 Å². The Hall–Kier alpha value is -3.69. The van der Waals surface area contributed by atoms with E-state index in [-0.39, 0.29) is 24.4 Å². The Kier molecular flexibility index (Phi) is 12.6. The SMILES string of the molecule is CCCN(CCC)C(=O)c1cc(C)cc(C(=O)N[C@H](Cc2cc(F)cc(F)c2)[C@@H](O)CNCc2cccc(CC)n2)c1. The topological polar surface area (TPSA) is 94.6 Å². The maximum atomic E-state index is 14.0. The molecule has 3 rings (SSSR count). The Bertz CT molecular complexity index is 1320. The van der Waals surface area contributed by atoms with Crippen molar-refractivity contribution in [1.82, 2.24) is 20.5 Å². The summed E-state index contributed by atoms with van der Waals surface area (Å²) in [5, 5.41) is 17.1. The molecule has 3 N–H and O–H groups in total. The Morgan fingerprint density at radius 1 is 0.929 bits per heavy atom. The van der Waals surface area contributed by atoms with Gasteiger partial charge in [0.1, 0.15) is 11.6 Å². The number of hydrogen-bond acceptors (Lipinski definition) is 5. The summed E-state index contributed by atoms with van der Waals surface area (Å²) in [6, 6.07) is 13.0. The van der Waals surface area contributed by atoms with E-state index in [4.69, 9.17) is 0 Å². The Labute approximate surface area is 247 Å². The van der Waals surface area contributed by atoms with Crippen molar-refractivity contribution in [2.45, 2.75) is 72.1 Å². The van der Waals surface area contributed by atoms with E-state index in [1.165, 1.54) is 12.1 Å². The fraction of sp³-hybridized carbons (Fsp3) is 0.424. The first-order chi connectivity index (χ1) is 20.1. The van der Waals surface area contributed by atoms with Crippen molar-refractivity contribution in [3.8, 4) is 0 Å². The molecule has 3 aromatic rings. The molecule has 1 aromatic heterocycles. The van der Waals surface area contributed by atoms with Crippen LogP contribution in [0.25, 0.3) is 0 Å². The normalized spacial score (nSPS) is 12.5. The van der Waals surface area contributed by atoms with E-state index in [0.717, 1.165) is 42.3 Å². The molecule has 0 fully saturated rings. The van der Waals surface area contributed by atoms with E-state index in [2.05, 4.69) is 15.6 Å². The largest absolute Gasteiger partial charge is 0.390 e. The highest BCUT2D eigenvalue weighted by Crippen LogP contribution is 2.16. The number of aromatic nitrogens is 1. The van der Waals surface area contributed by atoms with E-state index in [1.807, 2.05) is 45.9 Å². The number of amides is 2. The Morgan fingerprint density at radius 3 is 2.21 bits per heavy atom. The molecule has 0 unspecified atom stereocenters. The fourth-order valence-electron chi connectivity index (χ4n) is 4.91. The van der Waals surface area contributed by atoms with Crippen LogP contribution >= 0.6 is 0 Å². The highest BCUT2D eigenvalue weighted by molar-refractivity contribution is 6.00. The average Bonchev–Trinajstić information content (AvgIpc) is 2.95. The number of carbonyl (C=O) groups is 2. The lowest BCUT2D eigenvalue weighted by Gasteiger charge is -2.25. The van der Waals surface area contributed by atoms with Crippen molar-refractivity contribution in [1.29, 1.82) is 0 Å². The molecule has 0 aliphatic carbocycles. The van der Waals surface area contributed by atoms with Crippen LogP contribution in [0.1, 0.15) is 76.8 Å². The molecule has 0 aliphatic heterocycles. The molecule has 0 radical (unpaired) electrons. The minimum atomic E-state index is -1.09. The molecular weight excluding hydrogens is 538 g/mol. The third-order valence-corrected chi connectivity index (χ3v) is 6.91. The van der Waals surface area contributed by atoms with Gasteiger partial charge in [0.2, 0.25) is 0 Å². The molecule has 0 aliphatic rings. The van der Waals surface area contributed by atoms with Crippen LogP contribution in [-0.2, 0) is 19.4 Å². The van der Waals surface area contributed by atoms with Gasteiger partial charge in [-0.05, 0) is 86.2 Å². The van der Waals surface area contributed by atoms with Crippen LogP contribution in [-0.4, -0.2) is 58.6 Å². The summed E-state index contributed by atoms with van der Waals surface area (Å²) in [6.45, 7) is 9.58. The zero-order chi connectivity index (χ0) is 30.6. The van der Waals surface area contributed by atoms with E-state index >= 15 is 0 Å². The van der Waals surface area contributed by atoms with E-state index in [9.17, 15) is 23.5 Å². The summed E-state index contributed by atoms with van der Waals surface area (Å²) in [4.78, 5) is 33.0. The van der Waals surface area contributed by atoms with Crippen molar-refractivity contribution in [2.24, 2.45) is 0 Å². The molecule has 0 spiro atoms. The lowest BCUT2D eigenvalue weighted by atomic mass is 9.99. The minimum absolute atomic E-state index is 0.00871. The smallest absolute Gasteiger partial charge is 0.253 e. The zero-order valence-electron chi connectivity index (χ0n) is 24.9. The predicted octanol–water partition coefficient (Wildman–Crippen LogP) is 4.98. The van der Waals surface area contributed by atoms with Crippen molar-refractivity contribution in [3.05, 3.63) is 99.9 Å². The molecule has 2 amide bonds. The van der Waals surface area contributed by atoms with Gasteiger partial charge in [-0.1, -0.05) is 26.8 Å². The van der Waals surface area contributed by atoms with Gasteiger partial charge in [-0.2, -0.15) is 0 Å². The van der Waals surface area contributed by atoms with Gasteiger partial charge in [0, 0.05) is 49.1 Å². The highest BCUT2D eigenvalue weighted by Gasteiger charge is 2.24. The monoisotopic (exact) mass is 580 g/mol. The van der Waals surface area contributed by atoms with Gasteiger partial charge in [0.15, 0.2) is 0 Å². The molecule has 42 heavy (non-hydrogen) atoms. The van der Waals surface area contributed by atoms with Gasteiger partial charge in [0.25, 0.3) is 11.8 Å². The van der Waals surface area contributed by atoms with Crippen LogP contribution in [0, 0.1) is 18.6 Å². The van der Waals surface area contributed by atoms with Gasteiger partial charge >= 0.3 is 0 Å². The van der Waals surface area contributed by atoms with E-state index in [0.29, 0.717) is 30.8 Å². The lowest BCUT2D eigenvalue weighted by molar-refractivity contribution is 0.0755. The molecule has 0 saturated heterocycles. The van der Waals surface area contributed by atoms with Crippen molar-refractivity contribution >= 4 is 11.8 Å². The molecular formula is C33H42F2N4O3. The number of nitrogens with one attached hydrogen (secondary N) is 2. The van der Waals surface area contributed by atoms with Crippen LogP contribution in [0.3, 0.4) is 0 Å². The quantitative estimate of drug-likeness (QED) is 0.236. The predicted molar refractivity (Wildman–Crippen MR) is 160 cm³/mol. The average molecular weight is 581 g/mol. The molecule has 7 nitrogen and oxygen atoms in total. The number of carbonyl (C=O) groups excluding carboxylic acids is 2. The Morgan fingerprint density at radius 2 is 1.57 bits per heavy atom. The number of benzene rings is 2. The summed E-state index contributed by atoms with van der Waals surface area (Å²) in [7, 11) is 0. The maximum absolute atomic E-state index is 14.0. The van der Waals surface area contributed by atoms with Gasteiger partial charge < -0.3 is 20.6 Å². The summed E-state index contributed by atoms with van der Waals surface area (Å²) < 4.78 is 27.9. The molecule has 0 bridgehead atoms. The first-order valence-corrected chi connectivity index (χ1v) is 14.6. The molecule has 1 heterocycles. The Balaban J connectivity index is 1.80. The summed E-state index contributed by atoms with van der Waals surface area (Å²) in [5.41, 5.74) is 3.48. The van der Waals surface area contributed by atoms with Crippen molar-refractivity contribution in [3.63, 3.8) is 0 Å². The molecule has 2 aromatic carbocycles. The van der Waals surface area contributed by atoms with Gasteiger partial charge in [0.05, 0.1) is 17.8 Å². The van der Waals surface area contributed by atoms with Crippen LogP contribution in [0.15, 0.2) is 54.6 Å². The third-order valence-electron chi connectivity index (χ3n) is 6.91. The lowest BCUT2D eigenvalue weighted by Crippen LogP contribution is -2.48. The standard InChI is InChI=1S/C33H42F2N4O3/c1-5-11-39(12-6-2)33(42)25-14-22(4)13-24(18-25)32(41)38-30(17-23-15-26(34)19-27(35)16-23)31(40)21-36-20-29-10-8-9-28(7-3)37-29/h8-10,13-16,18-19,30-31,36,40H,5-7,11-12,17,20-21H2,1-4H3,(H,38,41)/t30-,31+/m1/s1.